The van der Waals surface area contributed by atoms with Crippen LogP contribution in [-0.4, -0.2) is 29.2 Å². The molecule has 0 saturated heterocycles. The number of nitrogens with zero attached hydrogens (tertiary/aromatic N) is 3. The molecule has 1 saturated carbocycles. The summed E-state index contributed by atoms with van der Waals surface area (Å²) in [5.74, 6) is 0.559. The summed E-state index contributed by atoms with van der Waals surface area (Å²) in [5, 5.41) is 0.630. The van der Waals surface area contributed by atoms with Crippen LogP contribution in [0, 0.1) is 5.41 Å². The second-order valence-electron chi connectivity index (χ2n) is 8.74. The Balaban J connectivity index is 1.61. The Hall–Kier alpha value is -2.24. The number of halogens is 1. The average Bonchev–Trinajstić information content (AvgIpc) is 3.18. The van der Waals surface area contributed by atoms with Crippen LogP contribution in [0.3, 0.4) is 0 Å². The highest BCUT2D eigenvalue weighted by atomic mass is 35.5. The molecule has 3 aliphatic rings. The zero-order valence-electron chi connectivity index (χ0n) is 17.5. The van der Waals surface area contributed by atoms with E-state index in [0.29, 0.717) is 17.0 Å². The third-order valence-electron chi connectivity index (χ3n) is 7.07. The van der Waals surface area contributed by atoms with Crippen molar-refractivity contribution < 1.29 is 4.74 Å². The molecule has 2 aromatic rings. The molecule has 0 radical (unpaired) electrons. The predicted octanol–water partition coefficient (Wildman–Crippen LogP) is 4.91. The molecule has 2 N–H and O–H groups in total. The number of rotatable bonds is 3. The van der Waals surface area contributed by atoms with Gasteiger partial charge in [-0.15, -0.1) is 0 Å². The fourth-order valence-electron chi connectivity index (χ4n) is 5.59. The van der Waals surface area contributed by atoms with Crippen LogP contribution in [0.15, 0.2) is 46.6 Å². The van der Waals surface area contributed by atoms with Gasteiger partial charge in [0.25, 0.3) is 0 Å². The Kier molecular flexibility index (Phi) is 4.71. The van der Waals surface area contributed by atoms with E-state index in [0.717, 1.165) is 55.5 Å². The summed E-state index contributed by atoms with van der Waals surface area (Å²) >= 11 is 6.19. The van der Waals surface area contributed by atoms with Crippen molar-refractivity contribution in [3.63, 3.8) is 0 Å². The molecule has 5 nitrogen and oxygen atoms in total. The monoisotopic (exact) mass is 422 g/mol. The van der Waals surface area contributed by atoms with E-state index in [4.69, 9.17) is 32.1 Å². The third-order valence-corrected chi connectivity index (χ3v) is 7.27. The fourth-order valence-corrected chi connectivity index (χ4v) is 5.76. The van der Waals surface area contributed by atoms with Gasteiger partial charge < -0.3 is 10.5 Å². The number of aromatic nitrogens is 1. The first-order valence-corrected chi connectivity index (χ1v) is 11.1. The molecule has 2 heterocycles. The number of nitrogens with two attached hydrogens (primary N) is 1. The molecule has 1 unspecified atom stereocenters. The van der Waals surface area contributed by atoms with Crippen LogP contribution in [0.2, 0.25) is 5.02 Å². The standard InChI is InChI=1S/C24H27ClN4O/c1-3-30-20-6-8-23(9-7-20)12-17-5-4-16(18-10-19(25)14-27-13-18)11-21(17)24(23)28-15(2)22(26)29-24/h4-5,10-11,13-14,20H,3,6-9,12H2,1-2H3,(H2,26,29). The van der Waals surface area contributed by atoms with Crippen LogP contribution in [0.1, 0.15) is 50.7 Å². The lowest BCUT2D eigenvalue weighted by molar-refractivity contribution is -0.0181. The van der Waals surface area contributed by atoms with E-state index in [1.165, 1.54) is 11.1 Å². The molecule has 0 amide bonds. The lowest BCUT2D eigenvalue weighted by Gasteiger charge is -2.44. The number of aliphatic imine (C=N–C) groups is 2. The quantitative estimate of drug-likeness (QED) is 0.763. The summed E-state index contributed by atoms with van der Waals surface area (Å²) in [6, 6.07) is 8.56. The Morgan fingerprint density at radius 3 is 2.60 bits per heavy atom. The molecule has 1 fully saturated rings. The highest BCUT2D eigenvalue weighted by Crippen LogP contribution is 2.62. The SMILES string of the molecule is CCOC1CCC2(CC1)Cc1ccc(-c3cncc(Cl)c3)cc1C21N=C(C)C(N)=N1. The second kappa shape index (κ2) is 7.17. The highest BCUT2D eigenvalue weighted by Gasteiger charge is 2.60. The number of pyridine rings is 1. The van der Waals surface area contributed by atoms with Crippen molar-refractivity contribution >= 4 is 23.1 Å². The Labute approximate surface area is 182 Å². The van der Waals surface area contributed by atoms with E-state index in [9.17, 15) is 0 Å². The number of ether oxygens (including phenoxy) is 1. The molecule has 6 heteroatoms. The maximum atomic E-state index is 6.29. The van der Waals surface area contributed by atoms with Crippen LogP contribution < -0.4 is 5.73 Å². The van der Waals surface area contributed by atoms with E-state index in [1.54, 1.807) is 6.20 Å². The van der Waals surface area contributed by atoms with Crippen molar-refractivity contribution in [2.24, 2.45) is 21.1 Å². The van der Waals surface area contributed by atoms with Crippen LogP contribution in [0.25, 0.3) is 11.1 Å². The molecule has 0 bridgehead atoms. The van der Waals surface area contributed by atoms with Gasteiger partial charge in [0.05, 0.1) is 16.8 Å². The van der Waals surface area contributed by atoms with Gasteiger partial charge in [0, 0.05) is 35.5 Å². The maximum Gasteiger partial charge on any atom is 0.184 e. The summed E-state index contributed by atoms with van der Waals surface area (Å²) < 4.78 is 5.93. The summed E-state index contributed by atoms with van der Waals surface area (Å²) in [4.78, 5) is 14.5. The van der Waals surface area contributed by atoms with E-state index in [2.05, 4.69) is 30.1 Å². The van der Waals surface area contributed by atoms with Crippen molar-refractivity contribution in [3.05, 3.63) is 52.8 Å². The minimum absolute atomic E-state index is 0.0451. The van der Waals surface area contributed by atoms with E-state index in [1.807, 2.05) is 19.2 Å². The Bertz CT molecular complexity index is 1030. The van der Waals surface area contributed by atoms with Crippen LogP contribution in [0.4, 0.5) is 0 Å². The third kappa shape index (κ3) is 2.90. The largest absolute Gasteiger partial charge is 0.382 e. The van der Waals surface area contributed by atoms with Gasteiger partial charge in [-0.3, -0.25) is 9.98 Å². The van der Waals surface area contributed by atoms with Gasteiger partial charge in [-0.2, -0.15) is 0 Å². The predicted molar refractivity (Wildman–Crippen MR) is 121 cm³/mol. The van der Waals surface area contributed by atoms with E-state index >= 15 is 0 Å². The van der Waals surface area contributed by atoms with Crippen LogP contribution in [-0.2, 0) is 16.8 Å². The summed E-state index contributed by atoms with van der Waals surface area (Å²) in [6.07, 6.45) is 8.96. The number of hydrogen-bond donors (Lipinski definition) is 1. The van der Waals surface area contributed by atoms with Crippen molar-refractivity contribution in [2.75, 3.05) is 6.61 Å². The zero-order valence-corrected chi connectivity index (χ0v) is 18.2. The molecule has 1 aromatic heterocycles. The van der Waals surface area contributed by atoms with Gasteiger partial charge >= 0.3 is 0 Å². The van der Waals surface area contributed by atoms with Crippen LogP contribution in [0.5, 0.6) is 0 Å². The average molecular weight is 423 g/mol. The molecule has 1 aliphatic heterocycles. The van der Waals surface area contributed by atoms with Gasteiger partial charge in [0.1, 0.15) is 5.84 Å². The molecule has 30 heavy (non-hydrogen) atoms. The molecule has 2 spiro atoms. The zero-order chi connectivity index (χ0) is 20.9. The van der Waals surface area contributed by atoms with Gasteiger partial charge in [0.15, 0.2) is 5.66 Å². The summed E-state index contributed by atoms with van der Waals surface area (Å²) in [6.45, 7) is 4.80. The summed E-state index contributed by atoms with van der Waals surface area (Å²) in [5.41, 5.74) is 11.0. The molecule has 156 valence electrons. The van der Waals surface area contributed by atoms with Crippen molar-refractivity contribution in [3.8, 4) is 11.1 Å². The van der Waals surface area contributed by atoms with E-state index in [-0.39, 0.29) is 5.41 Å². The van der Waals surface area contributed by atoms with Crippen LogP contribution >= 0.6 is 11.6 Å². The number of hydrogen-bond acceptors (Lipinski definition) is 5. The fraction of sp³-hybridized carbons (Fsp3) is 0.458. The minimum Gasteiger partial charge on any atom is -0.382 e. The number of fused-ring (bicyclic) bond motifs is 3. The minimum atomic E-state index is -0.629. The lowest BCUT2D eigenvalue weighted by atomic mass is 9.65. The smallest absolute Gasteiger partial charge is 0.184 e. The molecule has 5 rings (SSSR count). The first-order chi connectivity index (χ1) is 14.5. The maximum absolute atomic E-state index is 6.29. The van der Waals surface area contributed by atoms with Crippen molar-refractivity contribution in [1.82, 2.24) is 4.98 Å². The first-order valence-electron chi connectivity index (χ1n) is 10.7. The highest BCUT2D eigenvalue weighted by molar-refractivity contribution is 6.41. The summed E-state index contributed by atoms with van der Waals surface area (Å²) in [7, 11) is 0. The Morgan fingerprint density at radius 1 is 1.13 bits per heavy atom. The van der Waals surface area contributed by atoms with Gasteiger partial charge in [0.2, 0.25) is 0 Å². The Morgan fingerprint density at radius 2 is 1.93 bits per heavy atom. The van der Waals surface area contributed by atoms with E-state index < -0.39 is 5.66 Å². The molecule has 1 aromatic carbocycles. The van der Waals surface area contributed by atoms with Gasteiger partial charge in [-0.25, -0.2) is 4.99 Å². The topological polar surface area (TPSA) is 72.9 Å². The number of amidine groups is 1. The van der Waals surface area contributed by atoms with Gasteiger partial charge in [-0.1, -0.05) is 23.7 Å². The van der Waals surface area contributed by atoms with Crippen molar-refractivity contribution in [2.45, 2.75) is 57.7 Å². The molecular formula is C24H27ClN4O. The lowest BCUT2D eigenvalue weighted by Crippen LogP contribution is -2.43. The molecule has 2 aliphatic carbocycles. The molecular weight excluding hydrogens is 396 g/mol. The molecule has 1 atom stereocenters. The van der Waals surface area contributed by atoms with Crippen molar-refractivity contribution in [1.29, 1.82) is 0 Å². The first kappa shape index (κ1) is 19.7. The normalized spacial score (nSPS) is 29.9. The van der Waals surface area contributed by atoms with Gasteiger partial charge in [-0.05, 0) is 69.2 Å². The second-order valence-corrected chi connectivity index (χ2v) is 9.18. The number of benzene rings is 1.